The van der Waals surface area contributed by atoms with Gasteiger partial charge in [-0.05, 0) is 40.7 Å². The minimum absolute atomic E-state index is 0.0964. The third kappa shape index (κ3) is 5.04. The maximum absolute atomic E-state index is 12.3. The highest BCUT2D eigenvalue weighted by Crippen LogP contribution is 2.44. The largest absolute Gasteiger partial charge is 0.480 e. The number of nitrogens with one attached hydrogen (secondary N) is 3. The summed E-state index contributed by atoms with van der Waals surface area (Å²) in [7, 11) is 0. The highest BCUT2D eigenvalue weighted by Gasteiger charge is 2.29. The number of thioether (sulfide) groups is 1. The number of ether oxygens (including phenoxy) is 1. The molecule has 0 aliphatic heterocycles. The summed E-state index contributed by atoms with van der Waals surface area (Å²) in [4.78, 5) is 39.9. The number of amides is 2. The van der Waals surface area contributed by atoms with Gasteiger partial charge in [-0.25, -0.2) is 9.59 Å². The summed E-state index contributed by atoms with van der Waals surface area (Å²) in [6.45, 7) is 0.118. The number of fused-ring (bicyclic) bond motifs is 3. The van der Waals surface area contributed by atoms with Crippen molar-refractivity contribution in [2.24, 2.45) is 0 Å². The lowest BCUT2D eigenvalue weighted by Gasteiger charge is -2.14. The van der Waals surface area contributed by atoms with Gasteiger partial charge in [-0.3, -0.25) is 15.2 Å². The third-order valence-electron chi connectivity index (χ3n) is 5.47. The first-order valence-corrected chi connectivity index (χ1v) is 11.9. The molecular weight excluding hydrogens is 458 g/mol. The number of aliphatic carboxylic acids is 1. The molecule has 1 aliphatic rings. The fraction of sp³-hybridized carbons (Fsp3) is 0.261. The van der Waals surface area contributed by atoms with Gasteiger partial charge >= 0.3 is 12.1 Å². The van der Waals surface area contributed by atoms with Gasteiger partial charge in [-0.1, -0.05) is 48.5 Å². The minimum atomic E-state index is -1.14. The van der Waals surface area contributed by atoms with Crippen LogP contribution in [0.2, 0.25) is 0 Å². The van der Waals surface area contributed by atoms with Crippen molar-refractivity contribution in [1.82, 2.24) is 20.5 Å². The number of carbonyl (C=O) groups excluding carboxylic acids is 2. The first-order chi connectivity index (χ1) is 16.5. The second kappa shape index (κ2) is 10.4. The summed E-state index contributed by atoms with van der Waals surface area (Å²) in [6, 6.07) is 14.9. The zero-order valence-corrected chi connectivity index (χ0v) is 19.1. The Hall–Kier alpha value is -3.86. The number of aromatic nitrogens is 3. The van der Waals surface area contributed by atoms with E-state index in [1.54, 1.807) is 0 Å². The van der Waals surface area contributed by atoms with Gasteiger partial charge in [0.25, 0.3) is 11.9 Å². The molecule has 1 heterocycles. The Kier molecular flexibility index (Phi) is 7.12. The van der Waals surface area contributed by atoms with Gasteiger partial charge in [-0.15, -0.1) is 5.10 Å². The Bertz CT molecular complexity index is 1170. The number of carboxylic acid groups (broad SMARTS) is 1. The normalized spacial score (nSPS) is 13.0. The van der Waals surface area contributed by atoms with Crippen LogP contribution in [0.25, 0.3) is 11.1 Å². The quantitative estimate of drug-likeness (QED) is 0.365. The van der Waals surface area contributed by atoms with Crippen LogP contribution in [0.15, 0.2) is 48.5 Å². The molecule has 3 aromatic rings. The van der Waals surface area contributed by atoms with E-state index in [0.717, 1.165) is 22.3 Å². The Morgan fingerprint density at radius 3 is 2.38 bits per heavy atom. The van der Waals surface area contributed by atoms with Crippen molar-refractivity contribution in [3.05, 3.63) is 65.5 Å². The van der Waals surface area contributed by atoms with Crippen LogP contribution >= 0.6 is 11.8 Å². The van der Waals surface area contributed by atoms with Crippen LogP contribution in [0.3, 0.4) is 0 Å². The summed E-state index contributed by atoms with van der Waals surface area (Å²) >= 11 is 1.48. The molecule has 176 valence electrons. The molecular formula is C23H23N5O5S. The van der Waals surface area contributed by atoms with E-state index in [1.807, 2.05) is 54.8 Å². The molecule has 1 unspecified atom stereocenters. The number of aromatic amines is 1. The summed E-state index contributed by atoms with van der Waals surface area (Å²) < 4.78 is 5.43. The van der Waals surface area contributed by atoms with Crippen molar-refractivity contribution in [3.63, 3.8) is 0 Å². The third-order valence-corrected chi connectivity index (χ3v) is 6.12. The molecule has 11 heteroatoms. The summed E-state index contributed by atoms with van der Waals surface area (Å²) in [5, 5.41) is 20.2. The Balaban J connectivity index is 1.35. The molecule has 0 spiro atoms. The van der Waals surface area contributed by atoms with E-state index in [9.17, 15) is 19.5 Å². The average Bonchev–Trinajstić information content (AvgIpc) is 3.43. The molecule has 2 amide bonds. The number of carboxylic acids is 1. The number of hydrogen-bond acceptors (Lipinski definition) is 7. The van der Waals surface area contributed by atoms with Crippen molar-refractivity contribution >= 4 is 35.7 Å². The second-order valence-electron chi connectivity index (χ2n) is 7.60. The van der Waals surface area contributed by atoms with Gasteiger partial charge in [0, 0.05) is 5.92 Å². The predicted molar refractivity (Wildman–Crippen MR) is 127 cm³/mol. The van der Waals surface area contributed by atoms with Crippen LogP contribution < -0.4 is 10.6 Å². The molecule has 4 rings (SSSR count). The molecule has 2 aromatic carbocycles. The van der Waals surface area contributed by atoms with Crippen molar-refractivity contribution in [3.8, 4) is 11.1 Å². The van der Waals surface area contributed by atoms with Crippen LogP contribution in [-0.4, -0.2) is 62.9 Å². The molecule has 0 fully saturated rings. The summed E-state index contributed by atoms with van der Waals surface area (Å²) in [5.74, 6) is -1.77. The fourth-order valence-electron chi connectivity index (χ4n) is 3.86. The van der Waals surface area contributed by atoms with Crippen molar-refractivity contribution in [2.45, 2.75) is 18.4 Å². The molecule has 0 saturated carbocycles. The van der Waals surface area contributed by atoms with Crippen LogP contribution in [0, 0.1) is 0 Å². The van der Waals surface area contributed by atoms with Gasteiger partial charge in [-0.2, -0.15) is 16.7 Å². The highest BCUT2D eigenvalue weighted by molar-refractivity contribution is 7.98. The van der Waals surface area contributed by atoms with Gasteiger partial charge in [0.1, 0.15) is 12.6 Å². The lowest BCUT2D eigenvalue weighted by atomic mass is 9.98. The van der Waals surface area contributed by atoms with E-state index in [0.29, 0.717) is 5.75 Å². The lowest BCUT2D eigenvalue weighted by molar-refractivity contribution is -0.139. The zero-order valence-electron chi connectivity index (χ0n) is 18.3. The van der Waals surface area contributed by atoms with Crippen LogP contribution in [0.5, 0.6) is 0 Å². The molecule has 0 bridgehead atoms. The molecule has 0 saturated heterocycles. The maximum Gasteiger partial charge on any atom is 0.414 e. The van der Waals surface area contributed by atoms with Crippen LogP contribution in [0.4, 0.5) is 10.7 Å². The van der Waals surface area contributed by atoms with E-state index >= 15 is 0 Å². The highest BCUT2D eigenvalue weighted by atomic mass is 32.2. The smallest absolute Gasteiger partial charge is 0.414 e. The van der Waals surface area contributed by atoms with Crippen molar-refractivity contribution in [1.29, 1.82) is 0 Å². The number of anilines is 1. The maximum atomic E-state index is 12.3. The van der Waals surface area contributed by atoms with Gasteiger partial charge in [0.2, 0.25) is 5.82 Å². The number of rotatable bonds is 9. The molecule has 34 heavy (non-hydrogen) atoms. The first-order valence-electron chi connectivity index (χ1n) is 10.5. The molecule has 10 nitrogen and oxygen atoms in total. The molecule has 1 aliphatic carbocycles. The van der Waals surface area contributed by atoms with E-state index in [1.165, 1.54) is 11.8 Å². The predicted octanol–water partition coefficient (Wildman–Crippen LogP) is 3.10. The molecule has 1 aromatic heterocycles. The van der Waals surface area contributed by atoms with E-state index in [2.05, 4.69) is 25.8 Å². The zero-order chi connectivity index (χ0) is 24.1. The fourth-order valence-corrected chi connectivity index (χ4v) is 4.34. The summed E-state index contributed by atoms with van der Waals surface area (Å²) in [6.07, 6.45) is 1.34. The Labute approximate surface area is 199 Å². The number of carbonyl (C=O) groups is 3. The van der Waals surface area contributed by atoms with E-state index in [-0.39, 0.29) is 30.7 Å². The first kappa shape index (κ1) is 23.3. The SMILES string of the molecule is CSCCC(NC(=O)c1nc(NC(=O)OCC2c3ccccc3-c3ccccc32)n[nH]1)C(=O)O. The van der Waals surface area contributed by atoms with Gasteiger partial charge in [0.15, 0.2) is 0 Å². The van der Waals surface area contributed by atoms with Crippen LogP contribution in [-0.2, 0) is 9.53 Å². The topological polar surface area (TPSA) is 146 Å². The Morgan fingerprint density at radius 2 is 1.76 bits per heavy atom. The second-order valence-corrected chi connectivity index (χ2v) is 8.59. The number of hydrogen-bond donors (Lipinski definition) is 4. The Morgan fingerprint density at radius 1 is 1.12 bits per heavy atom. The molecule has 4 N–H and O–H groups in total. The number of benzene rings is 2. The number of nitrogens with zero attached hydrogens (tertiary/aromatic N) is 2. The van der Waals surface area contributed by atoms with Gasteiger partial charge in [0.05, 0.1) is 0 Å². The van der Waals surface area contributed by atoms with E-state index in [4.69, 9.17) is 4.74 Å². The molecule has 1 atom stereocenters. The average molecular weight is 482 g/mol. The summed E-state index contributed by atoms with van der Waals surface area (Å²) in [5.41, 5.74) is 4.41. The van der Waals surface area contributed by atoms with Gasteiger partial charge < -0.3 is 15.2 Å². The molecule has 0 radical (unpaired) electrons. The monoisotopic (exact) mass is 481 g/mol. The van der Waals surface area contributed by atoms with E-state index < -0.39 is 24.0 Å². The minimum Gasteiger partial charge on any atom is -0.480 e. The number of H-pyrrole nitrogens is 1. The van der Waals surface area contributed by atoms with Crippen molar-refractivity contribution in [2.75, 3.05) is 23.9 Å². The standard InChI is InChI=1S/C23H23N5O5S/c1-34-11-10-18(21(30)31)24-20(29)19-25-22(28-27-19)26-23(32)33-12-17-15-8-4-2-6-13(15)14-7-3-5-9-16(14)17/h2-9,17-18H,10-12H2,1H3,(H,24,29)(H,30,31)(H2,25,26,27,28,32). The van der Waals surface area contributed by atoms with Crippen LogP contribution in [0.1, 0.15) is 34.1 Å². The van der Waals surface area contributed by atoms with Crippen molar-refractivity contribution < 1.29 is 24.2 Å². The lowest BCUT2D eigenvalue weighted by Crippen LogP contribution is -2.41.